The number of hydrogen-bond donors (Lipinski definition) is 2. The minimum Gasteiger partial charge on any atom is -0.449 e. The zero-order chi connectivity index (χ0) is 9.80. The first-order valence-electron chi connectivity index (χ1n) is 3.99. The van der Waals surface area contributed by atoms with Gasteiger partial charge in [-0.1, -0.05) is 0 Å². The smallest absolute Gasteiger partial charge is 0.328 e. The molecule has 2 amide bonds. The van der Waals surface area contributed by atoms with Crippen molar-refractivity contribution >= 4 is 17.8 Å². The molecule has 14 heavy (non-hydrogen) atoms. The van der Waals surface area contributed by atoms with Crippen molar-refractivity contribution in [2.45, 2.75) is 0 Å². The molecule has 0 aliphatic heterocycles. The molecule has 0 aromatic carbocycles. The van der Waals surface area contributed by atoms with Crippen LogP contribution in [0.1, 0.15) is 0 Å². The third-order valence-electron chi connectivity index (χ3n) is 1.52. The second kappa shape index (κ2) is 3.69. The van der Waals surface area contributed by atoms with Crippen LogP contribution in [-0.4, -0.2) is 6.03 Å². The van der Waals surface area contributed by atoms with Crippen LogP contribution in [0, 0.1) is 0 Å². The van der Waals surface area contributed by atoms with Gasteiger partial charge in [0.25, 0.3) is 0 Å². The first kappa shape index (κ1) is 8.43. The zero-order valence-corrected chi connectivity index (χ0v) is 7.19. The molecule has 2 N–H and O–H groups in total. The summed E-state index contributed by atoms with van der Waals surface area (Å²) in [5, 5.41) is 4.97. The molecule has 0 atom stereocenters. The van der Waals surface area contributed by atoms with Gasteiger partial charge in [0.05, 0.1) is 12.5 Å². The van der Waals surface area contributed by atoms with Gasteiger partial charge in [-0.2, -0.15) is 0 Å². The minimum atomic E-state index is -0.408. The van der Waals surface area contributed by atoms with E-state index in [9.17, 15) is 4.79 Å². The summed E-state index contributed by atoms with van der Waals surface area (Å²) in [6.45, 7) is 0. The van der Waals surface area contributed by atoms with E-state index >= 15 is 0 Å². The molecule has 5 nitrogen and oxygen atoms in total. The van der Waals surface area contributed by atoms with Gasteiger partial charge in [0.1, 0.15) is 0 Å². The molecule has 0 saturated carbocycles. The fraction of sp³-hybridized carbons (Fsp3) is 0. The Morgan fingerprint density at radius 1 is 1.00 bits per heavy atom. The van der Waals surface area contributed by atoms with Gasteiger partial charge in [0.15, 0.2) is 0 Å². The number of carbonyl (C=O) groups excluding carboxylic acids is 1. The molecule has 2 aromatic rings. The second-order valence-corrected chi connectivity index (χ2v) is 2.53. The molecule has 72 valence electrons. The van der Waals surface area contributed by atoms with Crippen LogP contribution < -0.4 is 10.6 Å². The summed E-state index contributed by atoms with van der Waals surface area (Å²) in [4.78, 5) is 11.2. The molecule has 0 saturated heterocycles. The van der Waals surface area contributed by atoms with E-state index in [1.165, 1.54) is 12.5 Å². The van der Waals surface area contributed by atoms with Crippen molar-refractivity contribution < 1.29 is 13.6 Å². The highest BCUT2D eigenvalue weighted by Gasteiger charge is 2.04. The summed E-state index contributed by atoms with van der Waals surface area (Å²) in [6, 6.07) is 6.24. The van der Waals surface area contributed by atoms with Crippen molar-refractivity contribution in [3.63, 3.8) is 0 Å². The molecule has 2 aromatic heterocycles. The predicted octanol–water partition coefficient (Wildman–Crippen LogP) is 2.52. The van der Waals surface area contributed by atoms with Gasteiger partial charge in [-0.05, 0) is 12.1 Å². The standard InChI is InChI=1S/C9H8N2O3/c12-9(10-7-3-1-5-13-7)11-8-4-2-6-14-8/h1-6H,(H2,10,11,12). The Bertz CT molecular complexity index is 353. The molecule has 0 fully saturated rings. The lowest BCUT2D eigenvalue weighted by molar-refractivity contribution is 0.261. The van der Waals surface area contributed by atoms with Gasteiger partial charge in [-0.3, -0.25) is 10.6 Å². The van der Waals surface area contributed by atoms with Crippen LogP contribution in [0.3, 0.4) is 0 Å². The van der Waals surface area contributed by atoms with Gasteiger partial charge in [0, 0.05) is 12.1 Å². The summed E-state index contributed by atoms with van der Waals surface area (Å²) in [6.07, 6.45) is 2.95. The Labute approximate surface area is 79.7 Å². The van der Waals surface area contributed by atoms with Gasteiger partial charge in [-0.15, -0.1) is 0 Å². The summed E-state index contributed by atoms with van der Waals surface area (Å²) >= 11 is 0. The molecular formula is C9H8N2O3. The molecular weight excluding hydrogens is 184 g/mol. The van der Waals surface area contributed by atoms with Crippen molar-refractivity contribution in [3.05, 3.63) is 36.8 Å². The van der Waals surface area contributed by atoms with Crippen molar-refractivity contribution in [1.29, 1.82) is 0 Å². The average molecular weight is 192 g/mol. The van der Waals surface area contributed by atoms with E-state index in [0.29, 0.717) is 11.8 Å². The minimum absolute atomic E-state index is 0.383. The first-order valence-corrected chi connectivity index (χ1v) is 3.99. The second-order valence-electron chi connectivity index (χ2n) is 2.53. The van der Waals surface area contributed by atoms with Gasteiger partial charge >= 0.3 is 6.03 Å². The molecule has 0 aliphatic carbocycles. The monoisotopic (exact) mass is 192 g/mol. The fourth-order valence-corrected chi connectivity index (χ4v) is 0.954. The Kier molecular flexibility index (Phi) is 2.22. The van der Waals surface area contributed by atoms with E-state index in [1.54, 1.807) is 24.3 Å². The molecule has 5 heteroatoms. The third-order valence-corrected chi connectivity index (χ3v) is 1.52. The maximum atomic E-state index is 11.2. The number of hydrogen-bond acceptors (Lipinski definition) is 3. The molecule has 0 bridgehead atoms. The topological polar surface area (TPSA) is 67.4 Å². The maximum Gasteiger partial charge on any atom is 0.328 e. The van der Waals surface area contributed by atoms with Crippen molar-refractivity contribution in [3.8, 4) is 0 Å². The van der Waals surface area contributed by atoms with E-state index < -0.39 is 6.03 Å². The van der Waals surface area contributed by atoms with Crippen LogP contribution in [0.4, 0.5) is 16.6 Å². The Balaban J connectivity index is 1.91. The number of amides is 2. The van der Waals surface area contributed by atoms with Crippen molar-refractivity contribution in [2.24, 2.45) is 0 Å². The normalized spacial score (nSPS) is 9.71. The van der Waals surface area contributed by atoms with E-state index in [1.807, 2.05) is 0 Å². The number of anilines is 2. The largest absolute Gasteiger partial charge is 0.449 e. The van der Waals surface area contributed by atoms with E-state index in [0.717, 1.165) is 0 Å². The molecule has 0 unspecified atom stereocenters. The van der Waals surface area contributed by atoms with Gasteiger partial charge in [0.2, 0.25) is 11.8 Å². The highest BCUT2D eigenvalue weighted by atomic mass is 16.4. The van der Waals surface area contributed by atoms with Crippen LogP contribution in [0.5, 0.6) is 0 Å². The zero-order valence-electron chi connectivity index (χ0n) is 7.19. The average Bonchev–Trinajstić information content (AvgIpc) is 2.76. The SMILES string of the molecule is O=C(Nc1ccco1)Nc1ccco1. The van der Waals surface area contributed by atoms with Crippen LogP contribution in [0.25, 0.3) is 0 Å². The Morgan fingerprint density at radius 3 is 1.86 bits per heavy atom. The summed E-state index contributed by atoms with van der Waals surface area (Å²) < 4.78 is 9.84. The van der Waals surface area contributed by atoms with Crippen LogP contribution in [0.2, 0.25) is 0 Å². The quantitative estimate of drug-likeness (QED) is 0.768. The van der Waals surface area contributed by atoms with Crippen molar-refractivity contribution in [1.82, 2.24) is 0 Å². The summed E-state index contributed by atoms with van der Waals surface area (Å²) in [5.41, 5.74) is 0. The molecule has 2 rings (SSSR count). The lowest BCUT2D eigenvalue weighted by Gasteiger charge is -2.01. The van der Waals surface area contributed by atoms with Crippen molar-refractivity contribution in [2.75, 3.05) is 10.6 Å². The fourth-order valence-electron chi connectivity index (χ4n) is 0.954. The van der Waals surface area contributed by atoms with E-state index in [2.05, 4.69) is 10.6 Å². The number of nitrogens with one attached hydrogen (secondary N) is 2. The number of rotatable bonds is 2. The highest BCUT2D eigenvalue weighted by Crippen LogP contribution is 2.09. The van der Waals surface area contributed by atoms with E-state index in [4.69, 9.17) is 8.83 Å². The van der Waals surface area contributed by atoms with Crippen LogP contribution in [-0.2, 0) is 0 Å². The Hall–Kier alpha value is -2.17. The molecule has 0 spiro atoms. The Morgan fingerprint density at radius 2 is 1.50 bits per heavy atom. The third kappa shape index (κ3) is 1.95. The van der Waals surface area contributed by atoms with Crippen LogP contribution in [0.15, 0.2) is 45.6 Å². The summed E-state index contributed by atoms with van der Waals surface area (Å²) in [7, 11) is 0. The molecule has 2 heterocycles. The predicted molar refractivity (Wildman–Crippen MR) is 50.1 cm³/mol. The molecule has 0 aliphatic rings. The van der Waals surface area contributed by atoms with Gasteiger partial charge < -0.3 is 8.83 Å². The lowest BCUT2D eigenvalue weighted by atomic mass is 10.6. The first-order chi connectivity index (χ1) is 6.84. The molecule has 0 radical (unpaired) electrons. The number of carbonyl (C=O) groups is 1. The lowest BCUT2D eigenvalue weighted by Crippen LogP contribution is -2.18. The summed E-state index contributed by atoms with van der Waals surface area (Å²) in [5.74, 6) is 0.767. The van der Waals surface area contributed by atoms with E-state index in [-0.39, 0.29) is 0 Å². The number of furan rings is 2. The van der Waals surface area contributed by atoms with Crippen LogP contribution >= 0.6 is 0 Å². The number of urea groups is 1. The maximum absolute atomic E-state index is 11.2. The highest BCUT2D eigenvalue weighted by molar-refractivity contribution is 5.97. The van der Waals surface area contributed by atoms with Gasteiger partial charge in [-0.25, -0.2) is 4.79 Å².